The van der Waals surface area contributed by atoms with E-state index in [9.17, 15) is 0 Å². The fourth-order valence-electron chi connectivity index (χ4n) is 2.07. The van der Waals surface area contributed by atoms with Gasteiger partial charge in [-0.25, -0.2) is 4.98 Å². The van der Waals surface area contributed by atoms with Gasteiger partial charge in [-0.3, -0.25) is 4.99 Å². The van der Waals surface area contributed by atoms with Crippen molar-refractivity contribution in [2.24, 2.45) is 10.9 Å². The second-order valence-corrected chi connectivity index (χ2v) is 6.01. The van der Waals surface area contributed by atoms with Gasteiger partial charge in [0.25, 0.3) is 0 Å². The van der Waals surface area contributed by atoms with Crippen molar-refractivity contribution in [2.45, 2.75) is 47.1 Å². The van der Waals surface area contributed by atoms with Gasteiger partial charge in [-0.05, 0) is 32.6 Å². The van der Waals surface area contributed by atoms with Crippen LogP contribution in [-0.4, -0.2) is 48.4 Å². The van der Waals surface area contributed by atoms with Crippen molar-refractivity contribution in [3.8, 4) is 0 Å². The number of hydrogen-bond donors (Lipinski definition) is 2. The Kier molecular flexibility index (Phi) is 14.0. The molecular weight excluding hydrogens is 417 g/mol. The van der Waals surface area contributed by atoms with E-state index in [1.165, 1.54) is 0 Å². The van der Waals surface area contributed by atoms with E-state index < -0.39 is 0 Å². The van der Waals surface area contributed by atoms with Crippen LogP contribution in [0.2, 0.25) is 0 Å². The summed E-state index contributed by atoms with van der Waals surface area (Å²) in [5, 5.41) is 6.79. The first-order valence-corrected chi connectivity index (χ1v) is 8.71. The molecule has 24 heavy (non-hydrogen) atoms. The van der Waals surface area contributed by atoms with E-state index in [4.69, 9.17) is 4.74 Å². The third kappa shape index (κ3) is 10.9. The second-order valence-electron chi connectivity index (χ2n) is 6.01. The lowest BCUT2D eigenvalue weighted by molar-refractivity contribution is 0.145. The zero-order valence-corrected chi connectivity index (χ0v) is 17.9. The summed E-state index contributed by atoms with van der Waals surface area (Å²) in [5.41, 5.74) is 0. The maximum atomic E-state index is 5.36. The van der Waals surface area contributed by atoms with E-state index in [1.807, 2.05) is 26.2 Å². The number of rotatable bonds is 11. The van der Waals surface area contributed by atoms with Crippen LogP contribution in [0.15, 0.2) is 17.4 Å². The van der Waals surface area contributed by atoms with Crippen LogP contribution in [0.4, 0.5) is 0 Å². The topological polar surface area (TPSA) is 63.5 Å². The molecule has 0 bridgehead atoms. The molecule has 0 radical (unpaired) electrons. The highest BCUT2D eigenvalue weighted by Crippen LogP contribution is 1.96. The molecule has 6 nitrogen and oxygen atoms in total. The maximum absolute atomic E-state index is 5.36. The van der Waals surface area contributed by atoms with Gasteiger partial charge in [-0.15, -0.1) is 24.0 Å². The maximum Gasteiger partial charge on any atom is 0.191 e. The molecule has 0 aliphatic heterocycles. The molecule has 7 heteroatoms. The van der Waals surface area contributed by atoms with Crippen molar-refractivity contribution >= 4 is 29.9 Å². The minimum atomic E-state index is 0. The minimum Gasteiger partial charge on any atom is -0.382 e. The summed E-state index contributed by atoms with van der Waals surface area (Å²) in [6.45, 7) is 13.6. The van der Waals surface area contributed by atoms with Crippen LogP contribution in [0, 0.1) is 12.8 Å². The van der Waals surface area contributed by atoms with E-state index in [1.54, 1.807) is 0 Å². The first-order chi connectivity index (χ1) is 11.1. The Morgan fingerprint density at radius 2 is 2.00 bits per heavy atom. The van der Waals surface area contributed by atoms with Gasteiger partial charge < -0.3 is 19.9 Å². The number of nitrogens with one attached hydrogen (secondary N) is 2. The Labute approximate surface area is 163 Å². The predicted octanol–water partition coefficient (Wildman–Crippen LogP) is 2.82. The summed E-state index contributed by atoms with van der Waals surface area (Å²) in [6.07, 6.45) is 5.90. The Bertz CT molecular complexity index is 448. The molecule has 0 saturated carbocycles. The van der Waals surface area contributed by atoms with Gasteiger partial charge in [-0.2, -0.15) is 0 Å². The molecule has 0 aliphatic carbocycles. The lowest BCUT2D eigenvalue weighted by atomic mass is 10.2. The summed E-state index contributed by atoms with van der Waals surface area (Å²) in [7, 11) is 0. The average Bonchev–Trinajstić information content (AvgIpc) is 2.93. The predicted molar refractivity (Wildman–Crippen MR) is 111 cm³/mol. The number of hydrogen-bond acceptors (Lipinski definition) is 3. The molecule has 0 spiro atoms. The van der Waals surface area contributed by atoms with Crippen LogP contribution in [0.1, 0.15) is 39.4 Å². The van der Waals surface area contributed by atoms with Gasteiger partial charge in [0.1, 0.15) is 5.82 Å². The van der Waals surface area contributed by atoms with E-state index >= 15 is 0 Å². The zero-order valence-electron chi connectivity index (χ0n) is 15.5. The Balaban J connectivity index is 0.00000529. The van der Waals surface area contributed by atoms with Crippen molar-refractivity contribution in [3.05, 3.63) is 18.2 Å². The molecule has 2 N–H and O–H groups in total. The van der Waals surface area contributed by atoms with Crippen molar-refractivity contribution in [1.82, 2.24) is 20.2 Å². The van der Waals surface area contributed by atoms with E-state index in [0.29, 0.717) is 5.92 Å². The van der Waals surface area contributed by atoms with Crippen LogP contribution >= 0.6 is 24.0 Å². The highest BCUT2D eigenvalue weighted by Gasteiger charge is 2.01. The SMILES string of the molecule is CCOCCCNC(=NCC(C)C)NCCCn1ccnc1C.I. The summed E-state index contributed by atoms with van der Waals surface area (Å²) < 4.78 is 7.52. The molecule has 0 aromatic carbocycles. The zero-order chi connectivity index (χ0) is 16.9. The highest BCUT2D eigenvalue weighted by molar-refractivity contribution is 14.0. The smallest absolute Gasteiger partial charge is 0.191 e. The molecule has 0 amide bonds. The second kappa shape index (κ2) is 14.5. The lowest BCUT2D eigenvalue weighted by Crippen LogP contribution is -2.39. The Hall–Kier alpha value is -0.830. The van der Waals surface area contributed by atoms with Gasteiger partial charge in [-0.1, -0.05) is 13.8 Å². The molecule has 140 valence electrons. The Morgan fingerprint density at radius 3 is 2.58 bits per heavy atom. The Morgan fingerprint density at radius 1 is 1.29 bits per heavy atom. The number of halogens is 1. The quantitative estimate of drug-likeness (QED) is 0.235. The number of ether oxygens (including phenoxy) is 1. The largest absolute Gasteiger partial charge is 0.382 e. The third-order valence-electron chi connectivity index (χ3n) is 3.37. The fraction of sp³-hybridized carbons (Fsp3) is 0.765. The van der Waals surface area contributed by atoms with Crippen LogP contribution in [0.5, 0.6) is 0 Å². The first-order valence-electron chi connectivity index (χ1n) is 8.71. The third-order valence-corrected chi connectivity index (χ3v) is 3.37. The molecule has 1 aromatic heterocycles. The summed E-state index contributed by atoms with van der Waals surface area (Å²) in [6, 6.07) is 0. The van der Waals surface area contributed by atoms with Crippen molar-refractivity contribution in [2.75, 3.05) is 32.8 Å². The van der Waals surface area contributed by atoms with E-state index in [2.05, 4.69) is 39.0 Å². The van der Waals surface area contributed by atoms with Gasteiger partial charge in [0, 0.05) is 51.8 Å². The van der Waals surface area contributed by atoms with Crippen molar-refractivity contribution in [3.63, 3.8) is 0 Å². The molecule has 0 saturated heterocycles. The van der Waals surface area contributed by atoms with Crippen LogP contribution in [0.3, 0.4) is 0 Å². The average molecular weight is 451 g/mol. The summed E-state index contributed by atoms with van der Waals surface area (Å²) >= 11 is 0. The fourth-order valence-corrected chi connectivity index (χ4v) is 2.07. The van der Waals surface area contributed by atoms with Crippen LogP contribution < -0.4 is 10.6 Å². The molecule has 1 rings (SSSR count). The van der Waals surface area contributed by atoms with Gasteiger partial charge in [0.2, 0.25) is 0 Å². The lowest BCUT2D eigenvalue weighted by Gasteiger charge is -2.14. The highest BCUT2D eigenvalue weighted by atomic mass is 127. The summed E-state index contributed by atoms with van der Waals surface area (Å²) in [5.74, 6) is 2.52. The molecule has 0 atom stereocenters. The van der Waals surface area contributed by atoms with Gasteiger partial charge in [0.15, 0.2) is 5.96 Å². The van der Waals surface area contributed by atoms with Crippen LogP contribution in [-0.2, 0) is 11.3 Å². The number of imidazole rings is 1. The molecular formula is C17H34IN5O. The molecule has 0 aliphatic rings. The minimum absolute atomic E-state index is 0. The normalized spacial score (nSPS) is 11.5. The van der Waals surface area contributed by atoms with Crippen LogP contribution in [0.25, 0.3) is 0 Å². The molecule has 0 fully saturated rings. The number of guanidine groups is 1. The number of nitrogens with zero attached hydrogens (tertiary/aromatic N) is 3. The number of aromatic nitrogens is 2. The van der Waals surface area contributed by atoms with Crippen molar-refractivity contribution < 1.29 is 4.74 Å². The van der Waals surface area contributed by atoms with Crippen molar-refractivity contribution in [1.29, 1.82) is 0 Å². The monoisotopic (exact) mass is 451 g/mol. The summed E-state index contributed by atoms with van der Waals surface area (Å²) in [4.78, 5) is 8.87. The van der Waals surface area contributed by atoms with Gasteiger partial charge >= 0.3 is 0 Å². The van der Waals surface area contributed by atoms with Gasteiger partial charge in [0.05, 0.1) is 0 Å². The van der Waals surface area contributed by atoms with E-state index in [0.717, 1.165) is 64.0 Å². The number of aryl methyl sites for hydroxylation is 2. The number of aliphatic imine (C=N–C) groups is 1. The first kappa shape index (κ1) is 23.2. The van der Waals surface area contributed by atoms with E-state index in [-0.39, 0.29) is 24.0 Å². The molecule has 1 heterocycles. The standard InChI is InChI=1S/C17H33N5O.HI/c1-5-23-13-7-9-20-17(21-14-15(2)3)19-8-6-11-22-12-10-18-16(22)4;/h10,12,15H,5-9,11,13-14H2,1-4H3,(H2,19,20,21);1H. The molecule has 0 unspecified atom stereocenters. The molecule has 1 aromatic rings.